The van der Waals surface area contributed by atoms with Gasteiger partial charge in [-0.2, -0.15) is 13.2 Å². The fourth-order valence-corrected chi connectivity index (χ4v) is 3.42. The summed E-state index contributed by atoms with van der Waals surface area (Å²) in [5, 5.41) is 2.88. The predicted molar refractivity (Wildman–Crippen MR) is 102 cm³/mol. The molecule has 0 spiro atoms. The van der Waals surface area contributed by atoms with Crippen LogP contribution in [0.3, 0.4) is 0 Å². The highest BCUT2D eigenvalue weighted by Gasteiger charge is 2.55. The van der Waals surface area contributed by atoms with Gasteiger partial charge in [-0.25, -0.2) is 19.3 Å². The van der Waals surface area contributed by atoms with Crippen LogP contribution in [0, 0.1) is 5.82 Å². The van der Waals surface area contributed by atoms with Crippen LogP contribution >= 0.6 is 11.6 Å². The van der Waals surface area contributed by atoms with Gasteiger partial charge < -0.3 is 15.2 Å². The van der Waals surface area contributed by atoms with Gasteiger partial charge >= 0.3 is 6.18 Å². The number of pyridine rings is 1. The first-order valence-electron chi connectivity index (χ1n) is 8.85. The van der Waals surface area contributed by atoms with Crippen molar-refractivity contribution >= 4 is 34.4 Å². The molecule has 12 heteroatoms. The molecule has 0 bridgehead atoms. The molecule has 1 saturated carbocycles. The molecule has 158 valence electrons. The van der Waals surface area contributed by atoms with Crippen molar-refractivity contribution in [2.75, 3.05) is 18.5 Å². The van der Waals surface area contributed by atoms with Crippen LogP contribution in [0.4, 0.5) is 23.4 Å². The third-order valence-electron chi connectivity index (χ3n) is 5.02. The number of rotatable bonds is 5. The minimum atomic E-state index is -4.54. The van der Waals surface area contributed by atoms with Crippen LogP contribution in [-0.2, 0) is 4.79 Å². The molecule has 3 aromatic heterocycles. The van der Waals surface area contributed by atoms with Crippen LogP contribution in [-0.4, -0.2) is 51.2 Å². The van der Waals surface area contributed by atoms with Crippen LogP contribution < -0.4 is 10.2 Å². The van der Waals surface area contributed by atoms with E-state index in [2.05, 4.69) is 19.9 Å². The van der Waals surface area contributed by atoms with Crippen molar-refractivity contribution in [1.29, 1.82) is 0 Å². The first kappa shape index (κ1) is 20.3. The van der Waals surface area contributed by atoms with Crippen LogP contribution in [0.5, 0.6) is 0 Å². The smallest absolute Gasteiger partial charge is 0.345 e. The molecule has 1 fully saturated rings. The molecule has 1 aliphatic carbocycles. The zero-order valence-electron chi connectivity index (χ0n) is 15.5. The maximum Gasteiger partial charge on any atom is 0.405 e. The summed E-state index contributed by atoms with van der Waals surface area (Å²) in [5.41, 5.74) is -0.244. The van der Waals surface area contributed by atoms with Crippen LogP contribution in [0.1, 0.15) is 12.8 Å². The van der Waals surface area contributed by atoms with Gasteiger partial charge in [0.1, 0.15) is 17.7 Å². The monoisotopic (exact) mass is 442 g/mol. The minimum Gasteiger partial charge on any atom is -0.345 e. The highest BCUT2D eigenvalue weighted by molar-refractivity contribution is 6.31. The number of fused-ring (bicyclic) bond motifs is 1. The van der Waals surface area contributed by atoms with Gasteiger partial charge in [-0.05, 0) is 18.9 Å². The Morgan fingerprint density at radius 2 is 2.07 bits per heavy atom. The van der Waals surface area contributed by atoms with E-state index in [-0.39, 0.29) is 24.5 Å². The number of carbonyl (C=O) groups is 1. The molecule has 0 atom stereocenters. The average molecular weight is 443 g/mol. The summed E-state index contributed by atoms with van der Waals surface area (Å²) < 4.78 is 51.9. The highest BCUT2D eigenvalue weighted by Crippen LogP contribution is 2.44. The van der Waals surface area contributed by atoms with Gasteiger partial charge in [-0.3, -0.25) is 4.79 Å². The summed E-state index contributed by atoms with van der Waals surface area (Å²) in [4.78, 5) is 29.0. The van der Waals surface area contributed by atoms with Crippen LogP contribution in [0.2, 0.25) is 5.02 Å². The molecule has 0 radical (unpaired) electrons. The molecule has 0 unspecified atom stereocenters. The van der Waals surface area contributed by atoms with E-state index in [0.29, 0.717) is 21.6 Å². The Morgan fingerprint density at radius 3 is 2.73 bits per heavy atom. The second-order valence-corrected chi connectivity index (χ2v) is 7.44. The largest absolute Gasteiger partial charge is 0.405 e. The van der Waals surface area contributed by atoms with Gasteiger partial charge in [-0.1, -0.05) is 11.6 Å². The number of amides is 1. The number of H-pyrrole nitrogens is 1. The molecular formula is C18H15ClF4N6O. The lowest BCUT2D eigenvalue weighted by molar-refractivity contribution is -0.139. The summed E-state index contributed by atoms with van der Waals surface area (Å²) in [6.07, 6.45) is 0.0212. The number of aromatic amines is 1. The van der Waals surface area contributed by atoms with E-state index in [9.17, 15) is 22.4 Å². The molecule has 4 rings (SSSR count). The SMILES string of the molecule is CN(c1nc(-c2c[nH]c3ncc(Cl)cc23)ncc1F)C1(C(=O)NCC(F)(F)F)CC1. The van der Waals surface area contributed by atoms with Gasteiger partial charge in [0.2, 0.25) is 5.91 Å². The zero-order valence-corrected chi connectivity index (χ0v) is 16.3. The van der Waals surface area contributed by atoms with E-state index >= 15 is 0 Å². The lowest BCUT2D eigenvalue weighted by atomic mass is 10.2. The maximum absolute atomic E-state index is 14.5. The topological polar surface area (TPSA) is 86.8 Å². The Morgan fingerprint density at radius 1 is 1.33 bits per heavy atom. The minimum absolute atomic E-state index is 0.153. The molecule has 0 saturated heterocycles. The van der Waals surface area contributed by atoms with Crippen LogP contribution in [0.15, 0.2) is 24.7 Å². The number of nitrogens with one attached hydrogen (secondary N) is 2. The molecule has 3 aromatic rings. The first-order valence-corrected chi connectivity index (χ1v) is 9.23. The number of carbonyl (C=O) groups excluding carboxylic acids is 1. The van der Waals surface area contributed by atoms with E-state index in [4.69, 9.17) is 11.6 Å². The maximum atomic E-state index is 14.5. The zero-order chi connectivity index (χ0) is 21.7. The number of alkyl halides is 3. The highest BCUT2D eigenvalue weighted by atomic mass is 35.5. The number of hydrogen-bond acceptors (Lipinski definition) is 5. The first-order chi connectivity index (χ1) is 14.1. The van der Waals surface area contributed by atoms with Gasteiger partial charge in [0.05, 0.1) is 11.2 Å². The summed E-state index contributed by atoms with van der Waals surface area (Å²) in [6.45, 7) is -1.46. The molecular weight excluding hydrogens is 428 g/mol. The Labute approximate surface area is 172 Å². The van der Waals surface area contributed by atoms with E-state index < -0.39 is 30.0 Å². The second-order valence-electron chi connectivity index (χ2n) is 7.01. The molecule has 1 amide bonds. The van der Waals surface area contributed by atoms with Crippen molar-refractivity contribution < 1.29 is 22.4 Å². The lowest BCUT2D eigenvalue weighted by Crippen LogP contribution is -2.50. The van der Waals surface area contributed by atoms with Gasteiger partial charge in [0.15, 0.2) is 17.5 Å². The Hall–Kier alpha value is -2.95. The Bertz CT molecular complexity index is 1130. The fraction of sp³-hybridized carbons (Fsp3) is 0.333. The number of halogens is 5. The normalized spacial score (nSPS) is 15.3. The van der Waals surface area contributed by atoms with Crippen molar-refractivity contribution in [3.8, 4) is 11.4 Å². The van der Waals surface area contributed by atoms with E-state index in [1.54, 1.807) is 12.3 Å². The molecule has 1 aliphatic rings. The molecule has 3 heterocycles. The van der Waals surface area contributed by atoms with Crippen molar-refractivity contribution in [1.82, 2.24) is 25.3 Å². The quantitative estimate of drug-likeness (QED) is 0.591. The third-order valence-corrected chi connectivity index (χ3v) is 5.23. The number of hydrogen-bond donors (Lipinski definition) is 2. The van der Waals surface area contributed by atoms with E-state index in [1.807, 2.05) is 5.32 Å². The van der Waals surface area contributed by atoms with Crippen molar-refractivity contribution in [2.24, 2.45) is 0 Å². The Balaban J connectivity index is 1.66. The number of nitrogens with zero attached hydrogens (tertiary/aromatic N) is 4. The molecule has 0 aliphatic heterocycles. The van der Waals surface area contributed by atoms with Gasteiger partial charge in [-0.15, -0.1) is 0 Å². The fourth-order valence-electron chi connectivity index (χ4n) is 3.27. The van der Waals surface area contributed by atoms with Crippen LogP contribution in [0.25, 0.3) is 22.4 Å². The molecule has 30 heavy (non-hydrogen) atoms. The summed E-state index contributed by atoms with van der Waals surface area (Å²) >= 11 is 6.00. The van der Waals surface area contributed by atoms with Gasteiger partial charge in [0.25, 0.3) is 0 Å². The summed E-state index contributed by atoms with van der Waals surface area (Å²) in [5.74, 6) is -1.67. The molecule has 0 aromatic carbocycles. The van der Waals surface area contributed by atoms with Gasteiger partial charge in [0, 0.05) is 30.4 Å². The third kappa shape index (κ3) is 3.64. The standard InChI is InChI=1S/C18H15ClF4N6O/c1-29(17(2-3-17)16(30)27-8-18(21,22)23)15-12(20)7-26-14(28-15)11-6-25-13-10(11)4-9(19)5-24-13/h4-7H,2-3,8H2,1H3,(H,24,25)(H,27,30). The van der Waals surface area contributed by atoms with E-state index in [0.717, 1.165) is 6.20 Å². The number of likely N-dealkylation sites (N-methyl/N-ethyl adjacent to an activating group) is 1. The molecule has 2 N–H and O–H groups in total. The molecule has 7 nitrogen and oxygen atoms in total. The van der Waals surface area contributed by atoms with Crippen molar-refractivity contribution in [2.45, 2.75) is 24.6 Å². The van der Waals surface area contributed by atoms with E-state index in [1.165, 1.54) is 18.1 Å². The lowest BCUT2D eigenvalue weighted by Gasteiger charge is -2.28. The summed E-state index contributed by atoms with van der Waals surface area (Å²) in [7, 11) is 1.42. The Kier molecular flexibility index (Phi) is 4.80. The second kappa shape index (κ2) is 7.08. The number of aromatic nitrogens is 4. The summed E-state index contributed by atoms with van der Waals surface area (Å²) in [6, 6.07) is 1.65. The number of anilines is 1. The van der Waals surface area contributed by atoms with Crippen molar-refractivity contribution in [3.63, 3.8) is 0 Å². The predicted octanol–water partition coefficient (Wildman–Crippen LogP) is 3.46. The van der Waals surface area contributed by atoms with Crippen molar-refractivity contribution in [3.05, 3.63) is 35.5 Å². The average Bonchev–Trinajstić information content (AvgIpc) is 3.40.